The Labute approximate surface area is 236 Å². The monoisotopic (exact) mass is 549 g/mol. The zero-order valence-electron chi connectivity index (χ0n) is 24.4. The van der Waals surface area contributed by atoms with E-state index in [9.17, 15) is 4.79 Å². The summed E-state index contributed by atoms with van der Waals surface area (Å²) < 4.78 is 12.0. The maximum atomic E-state index is 12.7. The summed E-state index contributed by atoms with van der Waals surface area (Å²) in [6.45, 7) is 15.2. The molecule has 0 atom stereocenters. The second-order valence-corrected chi connectivity index (χ2v) is 10.9. The van der Waals surface area contributed by atoms with Crippen LogP contribution in [0.1, 0.15) is 43.0 Å². The van der Waals surface area contributed by atoms with Crippen molar-refractivity contribution in [2.75, 3.05) is 76.3 Å². The van der Waals surface area contributed by atoms with E-state index in [4.69, 9.17) is 19.4 Å². The molecule has 2 N–H and O–H groups in total. The highest BCUT2D eigenvalue weighted by Crippen LogP contribution is 2.35. The second-order valence-electron chi connectivity index (χ2n) is 10.9. The average molecular weight is 550 g/mol. The van der Waals surface area contributed by atoms with Crippen LogP contribution in [-0.2, 0) is 6.54 Å². The van der Waals surface area contributed by atoms with Crippen LogP contribution in [0.3, 0.4) is 0 Å². The van der Waals surface area contributed by atoms with Crippen LogP contribution in [0, 0.1) is 13.8 Å². The van der Waals surface area contributed by atoms with Gasteiger partial charge in [0.25, 0.3) is 5.56 Å². The van der Waals surface area contributed by atoms with Crippen LogP contribution in [0.15, 0.2) is 23.0 Å². The van der Waals surface area contributed by atoms with E-state index in [1.807, 2.05) is 32.0 Å². The molecule has 2 aliphatic heterocycles. The Kier molecular flexibility index (Phi) is 9.06. The van der Waals surface area contributed by atoms with Crippen molar-refractivity contribution in [2.45, 2.75) is 46.6 Å². The van der Waals surface area contributed by atoms with Crippen molar-refractivity contribution in [1.82, 2.24) is 24.8 Å². The molecule has 4 heterocycles. The highest BCUT2D eigenvalue weighted by atomic mass is 16.5. The number of ether oxygens (including phenoxy) is 2. The molecule has 0 bridgehead atoms. The summed E-state index contributed by atoms with van der Waals surface area (Å²) in [6, 6.07) is 5.90. The molecule has 2 aliphatic rings. The van der Waals surface area contributed by atoms with Crippen molar-refractivity contribution in [2.24, 2.45) is 0 Å². The van der Waals surface area contributed by atoms with Crippen molar-refractivity contribution in [3.8, 4) is 11.5 Å². The fourth-order valence-corrected chi connectivity index (χ4v) is 5.69. The number of fused-ring (bicyclic) bond motifs is 1. The van der Waals surface area contributed by atoms with E-state index >= 15 is 0 Å². The first-order valence-corrected chi connectivity index (χ1v) is 14.6. The minimum atomic E-state index is -0.0820. The van der Waals surface area contributed by atoms with E-state index in [1.165, 1.54) is 25.9 Å². The van der Waals surface area contributed by atoms with Gasteiger partial charge in [0.2, 0.25) is 5.95 Å². The summed E-state index contributed by atoms with van der Waals surface area (Å²) in [4.78, 5) is 32.7. The van der Waals surface area contributed by atoms with Gasteiger partial charge in [-0.15, -0.1) is 0 Å². The fourth-order valence-electron chi connectivity index (χ4n) is 5.69. The highest BCUT2D eigenvalue weighted by molar-refractivity contribution is 5.92. The molecule has 0 saturated carbocycles. The van der Waals surface area contributed by atoms with Crippen LogP contribution in [-0.4, -0.2) is 90.8 Å². The van der Waals surface area contributed by atoms with Crippen molar-refractivity contribution in [1.29, 1.82) is 0 Å². The van der Waals surface area contributed by atoms with Gasteiger partial charge in [-0.2, -0.15) is 4.98 Å². The molecule has 2 fully saturated rings. The first-order valence-electron chi connectivity index (χ1n) is 14.6. The van der Waals surface area contributed by atoms with Crippen molar-refractivity contribution < 1.29 is 9.47 Å². The first kappa shape index (κ1) is 28.2. The van der Waals surface area contributed by atoms with Gasteiger partial charge in [0.05, 0.1) is 19.2 Å². The SMILES string of the molecule is CCN1CCN(c2nc(NCc3c(C)cc(C)[nH]c3=O)c3cc(OC)c(OCCCN4CCCC4)cc3n2)CC1. The molecule has 1 aromatic carbocycles. The number of aromatic nitrogens is 3. The standard InChI is InChI=1S/C30H43N7O3/c1-5-35-12-14-37(15-13-35)30-33-25-19-27(40-16-8-11-36-9-6-7-10-36)26(39-4)18-23(25)28(34-30)31-20-24-21(2)17-22(3)32-29(24)38/h17-19H,5-16,20H2,1-4H3,(H,32,38)(H,31,33,34). The molecule has 3 aromatic rings. The van der Waals surface area contributed by atoms with Crippen molar-refractivity contribution in [3.63, 3.8) is 0 Å². The third-order valence-electron chi connectivity index (χ3n) is 8.07. The number of aromatic amines is 1. The molecule has 40 heavy (non-hydrogen) atoms. The van der Waals surface area contributed by atoms with Gasteiger partial charge in [0, 0.05) is 62.0 Å². The minimum Gasteiger partial charge on any atom is -0.493 e. The minimum absolute atomic E-state index is 0.0820. The van der Waals surface area contributed by atoms with Crippen molar-refractivity contribution in [3.05, 3.63) is 45.4 Å². The quantitative estimate of drug-likeness (QED) is 0.348. The van der Waals surface area contributed by atoms with E-state index in [0.717, 1.165) is 67.8 Å². The average Bonchev–Trinajstić information content (AvgIpc) is 3.48. The van der Waals surface area contributed by atoms with E-state index in [-0.39, 0.29) is 5.56 Å². The number of H-pyrrole nitrogens is 1. The Bertz CT molecular complexity index is 1360. The van der Waals surface area contributed by atoms with Gasteiger partial charge in [-0.1, -0.05) is 6.92 Å². The van der Waals surface area contributed by atoms with Crippen LogP contribution in [0.5, 0.6) is 11.5 Å². The Hall–Kier alpha value is -3.37. The predicted octanol–water partition coefficient (Wildman–Crippen LogP) is 3.56. The maximum Gasteiger partial charge on any atom is 0.253 e. The number of methoxy groups -OCH3 is 1. The first-order chi connectivity index (χ1) is 19.4. The fraction of sp³-hybridized carbons (Fsp3) is 0.567. The van der Waals surface area contributed by atoms with Crippen LogP contribution >= 0.6 is 0 Å². The smallest absolute Gasteiger partial charge is 0.253 e. The highest BCUT2D eigenvalue weighted by Gasteiger charge is 2.21. The summed E-state index contributed by atoms with van der Waals surface area (Å²) in [5.74, 6) is 2.70. The molecule has 0 spiro atoms. The number of benzene rings is 1. The molecule has 10 nitrogen and oxygen atoms in total. The number of pyridine rings is 1. The lowest BCUT2D eigenvalue weighted by atomic mass is 10.1. The number of anilines is 2. The summed E-state index contributed by atoms with van der Waals surface area (Å²) in [5, 5.41) is 4.28. The Balaban J connectivity index is 1.43. The molecule has 216 valence electrons. The van der Waals surface area contributed by atoms with Gasteiger partial charge in [0.15, 0.2) is 11.5 Å². The van der Waals surface area contributed by atoms with Gasteiger partial charge in [-0.25, -0.2) is 4.98 Å². The maximum absolute atomic E-state index is 12.7. The number of hydrogen-bond donors (Lipinski definition) is 2. The van der Waals surface area contributed by atoms with Crippen LogP contribution < -0.4 is 25.2 Å². The van der Waals surface area contributed by atoms with Gasteiger partial charge in [0.1, 0.15) is 5.82 Å². The molecule has 10 heteroatoms. The molecular formula is C30H43N7O3. The van der Waals surface area contributed by atoms with E-state index in [2.05, 4.69) is 31.9 Å². The number of rotatable bonds is 11. The number of likely N-dealkylation sites (N-methyl/N-ethyl adjacent to an activating group) is 1. The molecule has 0 aliphatic carbocycles. The van der Waals surface area contributed by atoms with Crippen LogP contribution in [0.4, 0.5) is 11.8 Å². The number of nitrogens with zero attached hydrogens (tertiary/aromatic N) is 5. The van der Waals surface area contributed by atoms with Gasteiger partial charge >= 0.3 is 0 Å². The van der Waals surface area contributed by atoms with Crippen LogP contribution in [0.2, 0.25) is 0 Å². The van der Waals surface area contributed by atoms with E-state index < -0.39 is 0 Å². The van der Waals surface area contributed by atoms with E-state index in [1.54, 1.807) is 7.11 Å². The zero-order valence-corrected chi connectivity index (χ0v) is 24.4. The van der Waals surface area contributed by atoms with Crippen molar-refractivity contribution >= 4 is 22.7 Å². The molecule has 2 aromatic heterocycles. The van der Waals surface area contributed by atoms with Gasteiger partial charge in [-0.3, -0.25) is 4.79 Å². The number of piperazine rings is 1. The number of aryl methyl sites for hydroxylation is 2. The lowest BCUT2D eigenvalue weighted by Crippen LogP contribution is -2.46. The molecule has 5 rings (SSSR count). The zero-order chi connectivity index (χ0) is 28.1. The molecular weight excluding hydrogens is 506 g/mol. The third-order valence-corrected chi connectivity index (χ3v) is 8.07. The summed E-state index contributed by atoms with van der Waals surface area (Å²) in [5.41, 5.74) is 3.20. The molecule has 2 saturated heterocycles. The van der Waals surface area contributed by atoms with E-state index in [0.29, 0.717) is 42.0 Å². The summed E-state index contributed by atoms with van der Waals surface area (Å²) >= 11 is 0. The number of hydrogen-bond acceptors (Lipinski definition) is 9. The topological polar surface area (TPSA) is 98.8 Å². The second kappa shape index (κ2) is 12.9. The molecule has 0 amide bonds. The Morgan fingerprint density at radius 2 is 1.75 bits per heavy atom. The third kappa shape index (κ3) is 6.50. The largest absolute Gasteiger partial charge is 0.493 e. The molecule has 0 radical (unpaired) electrons. The predicted molar refractivity (Wildman–Crippen MR) is 160 cm³/mol. The normalized spacial score (nSPS) is 16.6. The lowest BCUT2D eigenvalue weighted by Gasteiger charge is -2.34. The lowest BCUT2D eigenvalue weighted by molar-refractivity contribution is 0.254. The number of likely N-dealkylation sites (tertiary alicyclic amines) is 1. The van der Waals surface area contributed by atoms with Gasteiger partial charge in [-0.05, 0) is 70.4 Å². The summed E-state index contributed by atoms with van der Waals surface area (Å²) in [6.07, 6.45) is 3.56. The Morgan fingerprint density at radius 3 is 2.45 bits per heavy atom. The molecule has 0 unspecified atom stereocenters. The van der Waals surface area contributed by atoms with Crippen LogP contribution in [0.25, 0.3) is 10.9 Å². The number of nitrogens with one attached hydrogen (secondary N) is 2. The Morgan fingerprint density at radius 1 is 0.975 bits per heavy atom. The van der Waals surface area contributed by atoms with Gasteiger partial charge < -0.3 is 34.5 Å². The summed E-state index contributed by atoms with van der Waals surface area (Å²) in [7, 11) is 1.66.